The van der Waals surface area contributed by atoms with Gasteiger partial charge in [-0.3, -0.25) is 4.79 Å². The molecule has 0 aliphatic carbocycles. The number of hydrogen-bond donors (Lipinski definition) is 2. The first-order valence-corrected chi connectivity index (χ1v) is 14.6. The summed E-state index contributed by atoms with van der Waals surface area (Å²) in [6.07, 6.45) is 0.623. The number of ether oxygens (including phenoxy) is 1. The summed E-state index contributed by atoms with van der Waals surface area (Å²) in [7, 11) is -1.70. The van der Waals surface area contributed by atoms with Crippen molar-refractivity contribution in [2.24, 2.45) is 5.92 Å². The van der Waals surface area contributed by atoms with Gasteiger partial charge in [-0.25, -0.2) is 13.1 Å². The summed E-state index contributed by atoms with van der Waals surface area (Å²) in [5.41, 5.74) is 2.84. The molecule has 3 aromatic carbocycles. The third kappa shape index (κ3) is 7.43. The van der Waals surface area contributed by atoms with E-state index in [9.17, 15) is 13.2 Å². The van der Waals surface area contributed by atoms with Crippen molar-refractivity contribution in [1.82, 2.24) is 14.9 Å². The summed E-state index contributed by atoms with van der Waals surface area (Å²) in [4.78, 5) is 15.7. The topological polar surface area (TPSA) is 87.7 Å². The number of nitrogens with zero attached hydrogens (tertiary/aromatic N) is 1. The smallest absolute Gasteiger partial charge is 0.241 e. The third-order valence-electron chi connectivity index (χ3n) is 6.52. The molecule has 4 rings (SSSR count). The van der Waals surface area contributed by atoms with Crippen molar-refractivity contribution in [3.8, 4) is 5.75 Å². The first-order valence-electron chi connectivity index (χ1n) is 13.1. The summed E-state index contributed by atoms with van der Waals surface area (Å²) >= 11 is 0. The lowest BCUT2D eigenvalue weighted by Crippen LogP contribution is -2.36. The van der Waals surface area contributed by atoms with E-state index in [1.165, 1.54) is 17.7 Å². The zero-order chi connectivity index (χ0) is 27.1. The highest BCUT2D eigenvalue weighted by molar-refractivity contribution is 7.89. The van der Waals surface area contributed by atoms with Crippen molar-refractivity contribution in [2.75, 3.05) is 20.2 Å². The second kappa shape index (κ2) is 12.6. The fourth-order valence-electron chi connectivity index (χ4n) is 4.89. The summed E-state index contributed by atoms with van der Waals surface area (Å²) in [6, 6.07) is 22.7. The van der Waals surface area contributed by atoms with Crippen LogP contribution in [0.3, 0.4) is 0 Å². The number of carbonyl (C=O) groups excluding carboxylic acids is 1. The van der Waals surface area contributed by atoms with Crippen molar-refractivity contribution in [1.29, 1.82) is 0 Å². The molecule has 1 amide bonds. The van der Waals surface area contributed by atoms with E-state index in [2.05, 4.69) is 48.0 Å². The summed E-state index contributed by atoms with van der Waals surface area (Å²) in [5, 5.41) is 3.12. The van der Waals surface area contributed by atoms with Crippen LogP contribution in [-0.2, 0) is 21.4 Å². The molecule has 0 radical (unpaired) electrons. The van der Waals surface area contributed by atoms with E-state index in [4.69, 9.17) is 4.74 Å². The molecule has 1 aliphatic heterocycles. The van der Waals surface area contributed by atoms with Crippen LogP contribution in [0.5, 0.6) is 5.75 Å². The highest BCUT2D eigenvalue weighted by Gasteiger charge is 2.27. The normalized spacial score (nSPS) is 16.1. The van der Waals surface area contributed by atoms with Crippen molar-refractivity contribution in [3.63, 3.8) is 0 Å². The van der Waals surface area contributed by atoms with Crippen LogP contribution in [0.2, 0.25) is 0 Å². The van der Waals surface area contributed by atoms with Crippen molar-refractivity contribution < 1.29 is 17.9 Å². The molecule has 1 heterocycles. The molecular formula is C30H37N3O4S. The van der Waals surface area contributed by atoms with Gasteiger partial charge in [0.15, 0.2) is 0 Å². The molecule has 3 aromatic rings. The molecule has 0 spiro atoms. The predicted molar refractivity (Wildman–Crippen MR) is 149 cm³/mol. The van der Waals surface area contributed by atoms with Gasteiger partial charge >= 0.3 is 0 Å². The third-order valence-corrected chi connectivity index (χ3v) is 8.01. The maximum absolute atomic E-state index is 13.2. The molecule has 1 aliphatic rings. The standard InChI is InChI=1S/C30H37N3O4S/c1-22(2)20-33(3)21-23-14-15-26-27(16-17-37-29(26)18-23)31-30(34)19-28(24-10-6-4-7-11-24)32-38(35,36)25-12-8-5-9-13-25/h4-15,18,22,27-28,32H,16-17,19-21H2,1-3H3,(H,31,34). The van der Waals surface area contributed by atoms with Crippen LogP contribution in [0.4, 0.5) is 0 Å². The first-order chi connectivity index (χ1) is 18.2. The number of fused-ring (bicyclic) bond motifs is 1. The summed E-state index contributed by atoms with van der Waals surface area (Å²) in [6.45, 7) is 6.74. The summed E-state index contributed by atoms with van der Waals surface area (Å²) < 4.78 is 34.8. The van der Waals surface area contributed by atoms with Crippen LogP contribution >= 0.6 is 0 Å². The average Bonchev–Trinajstić information content (AvgIpc) is 2.89. The van der Waals surface area contributed by atoms with Crippen molar-refractivity contribution in [3.05, 3.63) is 95.6 Å². The van der Waals surface area contributed by atoms with Gasteiger partial charge in [0.1, 0.15) is 5.75 Å². The van der Waals surface area contributed by atoms with Gasteiger partial charge in [-0.15, -0.1) is 0 Å². The number of rotatable bonds is 11. The molecular weight excluding hydrogens is 498 g/mol. The Bertz CT molecular complexity index is 1310. The Morgan fingerprint density at radius 2 is 1.71 bits per heavy atom. The van der Waals surface area contributed by atoms with E-state index in [0.717, 1.165) is 30.0 Å². The highest BCUT2D eigenvalue weighted by Crippen LogP contribution is 2.33. The Morgan fingerprint density at radius 3 is 2.39 bits per heavy atom. The van der Waals surface area contributed by atoms with E-state index in [1.807, 2.05) is 36.4 Å². The van der Waals surface area contributed by atoms with Crippen LogP contribution < -0.4 is 14.8 Å². The largest absolute Gasteiger partial charge is 0.493 e. The second-order valence-electron chi connectivity index (χ2n) is 10.3. The van der Waals surface area contributed by atoms with E-state index >= 15 is 0 Å². The Labute approximate surface area is 226 Å². The zero-order valence-electron chi connectivity index (χ0n) is 22.3. The maximum atomic E-state index is 13.2. The number of amides is 1. The Hall–Kier alpha value is -3.20. The van der Waals surface area contributed by atoms with Gasteiger partial charge in [0, 0.05) is 31.5 Å². The quantitative estimate of drug-likeness (QED) is 0.368. The molecule has 8 heteroatoms. The number of hydrogen-bond acceptors (Lipinski definition) is 5. The fourth-order valence-corrected chi connectivity index (χ4v) is 6.13. The minimum absolute atomic E-state index is 0.0269. The molecule has 0 fully saturated rings. The van der Waals surface area contributed by atoms with E-state index < -0.39 is 16.1 Å². The van der Waals surface area contributed by atoms with Gasteiger partial charge in [0.25, 0.3) is 0 Å². The molecule has 202 valence electrons. The SMILES string of the molecule is CC(C)CN(C)Cc1ccc2c(c1)OCCC2NC(=O)CC(NS(=O)(=O)c1ccccc1)c1ccccc1. The van der Waals surface area contributed by atoms with E-state index in [1.54, 1.807) is 18.2 Å². The van der Waals surface area contributed by atoms with Gasteiger partial charge in [-0.05, 0) is 42.3 Å². The highest BCUT2D eigenvalue weighted by atomic mass is 32.2. The van der Waals surface area contributed by atoms with E-state index in [0.29, 0.717) is 18.9 Å². The van der Waals surface area contributed by atoms with Gasteiger partial charge < -0.3 is 15.0 Å². The molecule has 7 nitrogen and oxygen atoms in total. The van der Waals surface area contributed by atoms with Gasteiger partial charge in [-0.2, -0.15) is 0 Å². The zero-order valence-corrected chi connectivity index (χ0v) is 23.1. The molecule has 2 unspecified atom stereocenters. The monoisotopic (exact) mass is 535 g/mol. The Morgan fingerprint density at radius 1 is 1.03 bits per heavy atom. The molecule has 0 aromatic heterocycles. The van der Waals surface area contributed by atoms with Gasteiger partial charge in [-0.1, -0.05) is 74.5 Å². The van der Waals surface area contributed by atoms with Gasteiger partial charge in [0.05, 0.1) is 23.6 Å². The maximum Gasteiger partial charge on any atom is 0.241 e. The van der Waals surface area contributed by atoms with Crippen LogP contribution in [0.15, 0.2) is 83.8 Å². The Balaban J connectivity index is 1.47. The van der Waals surface area contributed by atoms with Crippen LogP contribution in [0, 0.1) is 5.92 Å². The molecule has 0 saturated heterocycles. The summed E-state index contributed by atoms with van der Waals surface area (Å²) in [5.74, 6) is 1.15. The molecule has 38 heavy (non-hydrogen) atoms. The predicted octanol–water partition coefficient (Wildman–Crippen LogP) is 4.82. The molecule has 2 N–H and O–H groups in total. The van der Waals surface area contributed by atoms with Crippen LogP contribution in [0.1, 0.15) is 55.5 Å². The lowest BCUT2D eigenvalue weighted by molar-refractivity contribution is -0.122. The van der Waals surface area contributed by atoms with Crippen molar-refractivity contribution in [2.45, 2.75) is 50.2 Å². The number of sulfonamides is 1. The molecule has 0 bridgehead atoms. The van der Waals surface area contributed by atoms with E-state index in [-0.39, 0.29) is 23.3 Å². The minimum Gasteiger partial charge on any atom is -0.493 e. The number of benzene rings is 3. The second-order valence-corrected chi connectivity index (χ2v) is 12.0. The number of nitrogens with one attached hydrogen (secondary N) is 2. The number of carbonyl (C=O) groups is 1. The minimum atomic E-state index is -3.81. The van der Waals surface area contributed by atoms with Gasteiger partial charge in [0.2, 0.25) is 15.9 Å². The Kier molecular flexibility index (Phi) is 9.20. The molecule has 2 atom stereocenters. The first kappa shape index (κ1) is 27.8. The van der Waals surface area contributed by atoms with Crippen LogP contribution in [-0.4, -0.2) is 39.4 Å². The van der Waals surface area contributed by atoms with Crippen LogP contribution in [0.25, 0.3) is 0 Å². The average molecular weight is 536 g/mol. The van der Waals surface area contributed by atoms with Crippen molar-refractivity contribution >= 4 is 15.9 Å². The lowest BCUT2D eigenvalue weighted by atomic mass is 9.97. The molecule has 0 saturated carbocycles. The lowest BCUT2D eigenvalue weighted by Gasteiger charge is -2.28. The fraction of sp³-hybridized carbons (Fsp3) is 0.367.